The average molecular weight is 326 g/mol. The molecular formula is C11H10N4O2S3. The Labute approximate surface area is 123 Å². The van der Waals surface area contributed by atoms with Crippen LogP contribution in [0.25, 0.3) is 10.2 Å². The van der Waals surface area contributed by atoms with Gasteiger partial charge in [-0.15, -0.1) is 11.3 Å². The van der Waals surface area contributed by atoms with Crippen molar-refractivity contribution in [2.45, 2.75) is 9.50 Å². The predicted molar refractivity (Wildman–Crippen MR) is 78.8 cm³/mol. The van der Waals surface area contributed by atoms with Gasteiger partial charge in [-0.2, -0.15) is 5.10 Å². The summed E-state index contributed by atoms with van der Waals surface area (Å²) in [6.45, 7) is 0. The average Bonchev–Trinajstić information content (AvgIpc) is 3.07. The highest BCUT2D eigenvalue weighted by atomic mass is 32.2. The third-order valence-corrected chi connectivity index (χ3v) is 6.87. The van der Waals surface area contributed by atoms with Crippen molar-refractivity contribution in [1.82, 2.24) is 20.2 Å². The Morgan fingerprint density at radius 2 is 2.15 bits per heavy atom. The first kappa shape index (κ1) is 13.5. The Morgan fingerprint density at radius 3 is 2.90 bits per heavy atom. The van der Waals surface area contributed by atoms with E-state index >= 15 is 0 Å². The lowest BCUT2D eigenvalue weighted by Gasteiger charge is -1.98. The molecule has 1 N–H and O–H groups in total. The van der Waals surface area contributed by atoms with Crippen molar-refractivity contribution in [2.24, 2.45) is 0 Å². The van der Waals surface area contributed by atoms with Gasteiger partial charge in [0.2, 0.25) is 14.2 Å². The van der Waals surface area contributed by atoms with Crippen molar-refractivity contribution in [3.63, 3.8) is 0 Å². The molecule has 9 heteroatoms. The molecule has 0 spiro atoms. The van der Waals surface area contributed by atoms with Gasteiger partial charge < -0.3 is 0 Å². The molecule has 0 bridgehead atoms. The molecule has 0 amide bonds. The molecule has 2 aromatic heterocycles. The fraction of sp³-hybridized carbons (Fsp3) is 0.182. The molecule has 0 radical (unpaired) electrons. The first-order valence-electron chi connectivity index (χ1n) is 5.72. The number of thioether (sulfide) groups is 1. The number of fused-ring (bicyclic) bond motifs is 1. The molecule has 0 aliphatic rings. The largest absolute Gasteiger partial charge is 0.254 e. The van der Waals surface area contributed by atoms with Crippen LogP contribution in [0.3, 0.4) is 0 Å². The zero-order valence-electron chi connectivity index (χ0n) is 10.2. The molecule has 20 heavy (non-hydrogen) atoms. The first-order valence-corrected chi connectivity index (χ1v) is 9.17. The maximum Gasteiger partial charge on any atom is 0.210 e. The lowest BCUT2D eigenvalue weighted by molar-refractivity contribution is 0.597. The summed E-state index contributed by atoms with van der Waals surface area (Å²) in [6, 6.07) is 7.40. The van der Waals surface area contributed by atoms with Crippen molar-refractivity contribution in [2.75, 3.05) is 11.5 Å². The van der Waals surface area contributed by atoms with E-state index in [-0.39, 0.29) is 10.1 Å². The number of sulfone groups is 1. The van der Waals surface area contributed by atoms with E-state index in [1.807, 2.05) is 24.3 Å². The molecule has 0 aliphatic carbocycles. The van der Waals surface area contributed by atoms with Crippen molar-refractivity contribution in [3.05, 3.63) is 30.6 Å². The van der Waals surface area contributed by atoms with Crippen LogP contribution >= 0.6 is 23.1 Å². The van der Waals surface area contributed by atoms with Crippen LogP contribution < -0.4 is 0 Å². The molecule has 0 saturated carbocycles. The number of nitrogens with one attached hydrogen (secondary N) is 1. The van der Waals surface area contributed by atoms with Crippen LogP contribution in [-0.4, -0.2) is 40.1 Å². The normalized spacial score (nSPS) is 12.0. The van der Waals surface area contributed by atoms with Gasteiger partial charge in [-0.1, -0.05) is 23.9 Å². The number of para-hydroxylation sites is 1. The summed E-state index contributed by atoms with van der Waals surface area (Å²) in [7, 11) is -3.35. The summed E-state index contributed by atoms with van der Waals surface area (Å²) in [6.07, 6.45) is 1.39. The molecular weight excluding hydrogens is 316 g/mol. The third-order valence-electron chi connectivity index (χ3n) is 2.52. The fourth-order valence-corrected chi connectivity index (χ4v) is 5.36. The predicted octanol–water partition coefficient (Wildman–Crippen LogP) is 1.98. The maximum absolute atomic E-state index is 12.2. The van der Waals surface area contributed by atoms with Crippen LogP contribution in [-0.2, 0) is 9.84 Å². The van der Waals surface area contributed by atoms with E-state index in [0.29, 0.717) is 10.9 Å². The molecule has 3 rings (SSSR count). The van der Waals surface area contributed by atoms with E-state index in [1.165, 1.54) is 29.4 Å². The van der Waals surface area contributed by atoms with Crippen molar-refractivity contribution in [1.29, 1.82) is 0 Å². The van der Waals surface area contributed by atoms with E-state index in [9.17, 15) is 8.42 Å². The zero-order chi connectivity index (χ0) is 14.0. The number of H-pyrrole nitrogens is 1. The molecule has 3 aromatic rings. The van der Waals surface area contributed by atoms with Gasteiger partial charge in [-0.05, 0) is 12.1 Å². The van der Waals surface area contributed by atoms with E-state index in [1.54, 1.807) is 0 Å². The van der Waals surface area contributed by atoms with Crippen LogP contribution in [0.2, 0.25) is 0 Å². The second-order valence-electron chi connectivity index (χ2n) is 3.91. The van der Waals surface area contributed by atoms with Gasteiger partial charge in [0.15, 0.2) is 5.16 Å². The van der Waals surface area contributed by atoms with Crippen LogP contribution in [0.4, 0.5) is 0 Å². The molecule has 104 valence electrons. The lowest BCUT2D eigenvalue weighted by atomic mass is 10.3. The summed E-state index contributed by atoms with van der Waals surface area (Å²) in [5, 5.41) is 7.00. The number of hydrogen-bond acceptors (Lipinski definition) is 7. The van der Waals surface area contributed by atoms with E-state index in [2.05, 4.69) is 20.2 Å². The molecule has 1 aromatic carbocycles. The minimum absolute atomic E-state index is 0.0260. The third kappa shape index (κ3) is 2.84. The minimum atomic E-state index is -3.35. The molecule has 0 atom stereocenters. The summed E-state index contributed by atoms with van der Waals surface area (Å²) in [4.78, 5) is 8.12. The topological polar surface area (TPSA) is 88.6 Å². The summed E-state index contributed by atoms with van der Waals surface area (Å²) >= 11 is 2.53. The Bertz CT molecular complexity index is 778. The van der Waals surface area contributed by atoms with Crippen molar-refractivity contribution >= 4 is 43.2 Å². The van der Waals surface area contributed by atoms with E-state index < -0.39 is 9.84 Å². The number of nitrogens with zero attached hydrogens (tertiary/aromatic N) is 3. The number of thiazole rings is 1. The SMILES string of the molecule is O=S(=O)(CCSc1ncn[nH]1)c1nc2ccccc2s1. The fourth-order valence-electron chi connectivity index (χ4n) is 1.58. The van der Waals surface area contributed by atoms with Crippen molar-refractivity contribution < 1.29 is 8.42 Å². The number of aromatic amines is 1. The van der Waals surface area contributed by atoms with Gasteiger partial charge in [0, 0.05) is 5.75 Å². The Morgan fingerprint density at radius 1 is 1.30 bits per heavy atom. The molecule has 0 aliphatic heterocycles. The van der Waals surface area contributed by atoms with Crippen LogP contribution in [0.15, 0.2) is 40.1 Å². The second kappa shape index (κ2) is 5.51. The smallest absolute Gasteiger partial charge is 0.210 e. The minimum Gasteiger partial charge on any atom is -0.254 e. The highest BCUT2D eigenvalue weighted by molar-refractivity contribution is 8.00. The summed E-state index contributed by atoms with van der Waals surface area (Å²) in [5.41, 5.74) is 0.721. The highest BCUT2D eigenvalue weighted by Gasteiger charge is 2.19. The molecule has 0 fully saturated rings. The lowest BCUT2D eigenvalue weighted by Crippen LogP contribution is -2.08. The number of benzene rings is 1. The quantitative estimate of drug-likeness (QED) is 0.721. The maximum atomic E-state index is 12.2. The van der Waals surface area contributed by atoms with Gasteiger partial charge in [-0.25, -0.2) is 18.4 Å². The Hall–Kier alpha value is -1.45. The number of aromatic nitrogens is 4. The van der Waals surface area contributed by atoms with Gasteiger partial charge in [0.1, 0.15) is 6.33 Å². The first-order chi connectivity index (χ1) is 9.65. The zero-order valence-corrected chi connectivity index (χ0v) is 12.6. The summed E-state index contributed by atoms with van der Waals surface area (Å²) < 4.78 is 25.5. The van der Waals surface area contributed by atoms with E-state index in [0.717, 1.165) is 10.2 Å². The molecule has 6 nitrogen and oxygen atoms in total. The number of hydrogen-bond donors (Lipinski definition) is 1. The van der Waals surface area contributed by atoms with Gasteiger partial charge in [0.05, 0.1) is 16.0 Å². The van der Waals surface area contributed by atoms with Crippen LogP contribution in [0.5, 0.6) is 0 Å². The molecule has 0 unspecified atom stereocenters. The van der Waals surface area contributed by atoms with E-state index in [4.69, 9.17) is 0 Å². The Kier molecular flexibility index (Phi) is 3.72. The number of rotatable bonds is 5. The summed E-state index contributed by atoms with van der Waals surface area (Å²) in [5.74, 6) is 0.436. The van der Waals surface area contributed by atoms with Gasteiger partial charge in [0.25, 0.3) is 0 Å². The Balaban J connectivity index is 1.74. The van der Waals surface area contributed by atoms with Crippen LogP contribution in [0.1, 0.15) is 0 Å². The molecule has 0 saturated heterocycles. The second-order valence-corrected chi connectivity index (χ2v) is 8.30. The van der Waals surface area contributed by atoms with Crippen molar-refractivity contribution in [3.8, 4) is 0 Å². The standard InChI is InChI=1S/C11H10N4O2S3/c16-20(17,6-5-18-10-12-7-13-15-10)11-14-8-3-1-2-4-9(8)19-11/h1-4,7H,5-6H2,(H,12,13,15). The molecule has 2 heterocycles. The van der Waals surface area contributed by atoms with Gasteiger partial charge >= 0.3 is 0 Å². The monoisotopic (exact) mass is 326 g/mol. The van der Waals surface area contributed by atoms with Gasteiger partial charge in [-0.3, -0.25) is 5.10 Å². The highest BCUT2D eigenvalue weighted by Crippen LogP contribution is 2.26. The van der Waals surface area contributed by atoms with Crippen LogP contribution in [0, 0.1) is 0 Å².